The van der Waals surface area contributed by atoms with E-state index in [-0.39, 0.29) is 0 Å². The van der Waals surface area contributed by atoms with Crippen molar-refractivity contribution < 1.29 is 0 Å². The molecule has 2 aromatic rings. The lowest BCUT2D eigenvalue weighted by Gasteiger charge is -2.35. The third-order valence-corrected chi connectivity index (χ3v) is 4.82. The summed E-state index contributed by atoms with van der Waals surface area (Å²) >= 11 is 1.78. The van der Waals surface area contributed by atoms with Crippen LogP contribution in [0, 0.1) is 13.8 Å². The van der Waals surface area contributed by atoms with Gasteiger partial charge in [0, 0.05) is 37.3 Å². The zero-order chi connectivity index (χ0) is 14.1. The predicted molar refractivity (Wildman–Crippen MR) is 84.7 cm³/mol. The van der Waals surface area contributed by atoms with E-state index in [9.17, 15) is 0 Å². The first-order valence-electron chi connectivity index (χ1n) is 6.79. The maximum Gasteiger partial charge on any atom is 0.185 e. The van der Waals surface area contributed by atoms with Gasteiger partial charge in [0.25, 0.3) is 0 Å². The van der Waals surface area contributed by atoms with E-state index in [4.69, 9.17) is 5.73 Å². The first-order chi connectivity index (χ1) is 9.65. The highest BCUT2D eigenvalue weighted by Crippen LogP contribution is 2.27. The largest absolute Gasteiger partial charge is 0.396 e. The minimum Gasteiger partial charge on any atom is -0.396 e. The average molecular weight is 289 g/mol. The predicted octanol–water partition coefficient (Wildman–Crippen LogP) is 2.06. The van der Waals surface area contributed by atoms with Crippen LogP contribution in [0.2, 0.25) is 0 Å². The fraction of sp³-hybridized carbons (Fsp3) is 0.429. The van der Waals surface area contributed by atoms with Crippen LogP contribution in [-0.4, -0.2) is 36.1 Å². The van der Waals surface area contributed by atoms with Gasteiger partial charge in [-0.3, -0.25) is 0 Å². The van der Waals surface area contributed by atoms with Crippen molar-refractivity contribution in [1.29, 1.82) is 0 Å². The molecule has 1 fully saturated rings. The van der Waals surface area contributed by atoms with Crippen molar-refractivity contribution in [3.63, 3.8) is 0 Å². The van der Waals surface area contributed by atoms with Gasteiger partial charge in [0.1, 0.15) is 0 Å². The maximum absolute atomic E-state index is 5.99. The van der Waals surface area contributed by atoms with Crippen LogP contribution in [0.4, 0.5) is 16.6 Å². The average Bonchev–Trinajstić information content (AvgIpc) is 2.80. The molecule has 3 heterocycles. The summed E-state index contributed by atoms with van der Waals surface area (Å²) in [5.74, 6) is 0.902. The van der Waals surface area contributed by atoms with E-state index in [2.05, 4.69) is 33.6 Å². The van der Waals surface area contributed by atoms with Crippen molar-refractivity contribution in [1.82, 2.24) is 9.97 Å². The second-order valence-electron chi connectivity index (χ2n) is 5.03. The summed E-state index contributed by atoms with van der Waals surface area (Å²) in [5, 5.41) is 1.13. The van der Waals surface area contributed by atoms with Crippen LogP contribution >= 0.6 is 11.3 Å². The SMILES string of the molecule is Cc1nc(N2CCN(c3ncccc3N)CC2)sc1C. The Bertz CT molecular complexity index is 582. The Morgan fingerprint density at radius 1 is 1.15 bits per heavy atom. The summed E-state index contributed by atoms with van der Waals surface area (Å²) in [6.45, 7) is 7.98. The van der Waals surface area contributed by atoms with Gasteiger partial charge in [-0.15, -0.1) is 11.3 Å². The quantitative estimate of drug-likeness (QED) is 0.917. The summed E-state index contributed by atoms with van der Waals surface area (Å²) in [6.07, 6.45) is 1.80. The Morgan fingerprint density at radius 3 is 2.45 bits per heavy atom. The van der Waals surface area contributed by atoms with Crippen molar-refractivity contribution in [3.05, 3.63) is 28.9 Å². The summed E-state index contributed by atoms with van der Waals surface area (Å²) in [7, 11) is 0. The molecule has 0 saturated carbocycles. The monoisotopic (exact) mass is 289 g/mol. The number of aryl methyl sites for hydroxylation is 2. The van der Waals surface area contributed by atoms with Crippen LogP contribution < -0.4 is 15.5 Å². The number of nitrogens with zero attached hydrogens (tertiary/aromatic N) is 4. The fourth-order valence-electron chi connectivity index (χ4n) is 2.37. The molecule has 2 N–H and O–H groups in total. The molecule has 1 aliphatic rings. The highest BCUT2D eigenvalue weighted by Gasteiger charge is 2.21. The Hall–Kier alpha value is -1.82. The molecule has 0 unspecified atom stereocenters. The Kier molecular flexibility index (Phi) is 3.48. The molecule has 1 aliphatic heterocycles. The van der Waals surface area contributed by atoms with E-state index in [1.54, 1.807) is 17.5 Å². The van der Waals surface area contributed by atoms with Gasteiger partial charge in [-0.1, -0.05) is 0 Å². The van der Waals surface area contributed by atoms with Crippen molar-refractivity contribution in [2.75, 3.05) is 41.7 Å². The van der Waals surface area contributed by atoms with Gasteiger partial charge in [-0.25, -0.2) is 9.97 Å². The van der Waals surface area contributed by atoms with Crippen LogP contribution in [0.5, 0.6) is 0 Å². The standard InChI is InChI=1S/C14H19N5S/c1-10-11(2)20-14(17-10)19-8-6-18(7-9-19)13-12(15)4-3-5-16-13/h3-5H,6-9,15H2,1-2H3. The van der Waals surface area contributed by atoms with Gasteiger partial charge in [0.05, 0.1) is 11.4 Å². The molecule has 6 heteroatoms. The first-order valence-corrected chi connectivity index (χ1v) is 7.61. The summed E-state index contributed by atoms with van der Waals surface area (Å²) in [4.78, 5) is 14.9. The van der Waals surface area contributed by atoms with E-state index in [0.29, 0.717) is 0 Å². The molecule has 1 saturated heterocycles. The summed E-state index contributed by atoms with van der Waals surface area (Å²) in [5.41, 5.74) is 7.88. The number of nitrogen functional groups attached to an aromatic ring is 1. The lowest BCUT2D eigenvalue weighted by Crippen LogP contribution is -2.47. The van der Waals surface area contributed by atoms with Gasteiger partial charge >= 0.3 is 0 Å². The van der Waals surface area contributed by atoms with Crippen molar-refractivity contribution >= 4 is 28.0 Å². The van der Waals surface area contributed by atoms with Crippen LogP contribution in [-0.2, 0) is 0 Å². The fourth-order valence-corrected chi connectivity index (χ4v) is 3.34. The van der Waals surface area contributed by atoms with Crippen molar-refractivity contribution in [2.24, 2.45) is 0 Å². The molecule has 0 spiro atoms. The van der Waals surface area contributed by atoms with E-state index in [1.807, 2.05) is 12.1 Å². The lowest BCUT2D eigenvalue weighted by atomic mass is 10.3. The molecule has 106 valence electrons. The molecule has 0 atom stereocenters. The van der Waals surface area contributed by atoms with E-state index in [1.165, 1.54) is 4.88 Å². The maximum atomic E-state index is 5.99. The van der Waals surface area contributed by atoms with Crippen LogP contribution in [0.25, 0.3) is 0 Å². The van der Waals surface area contributed by atoms with E-state index in [0.717, 1.165) is 48.5 Å². The number of hydrogen-bond donors (Lipinski definition) is 1. The first kappa shape index (κ1) is 13.2. The molecule has 0 amide bonds. The number of piperazine rings is 1. The molecule has 0 aliphatic carbocycles. The zero-order valence-corrected chi connectivity index (χ0v) is 12.7. The van der Waals surface area contributed by atoms with Crippen molar-refractivity contribution in [2.45, 2.75) is 13.8 Å². The Balaban J connectivity index is 1.69. The summed E-state index contributed by atoms with van der Waals surface area (Å²) < 4.78 is 0. The number of aromatic nitrogens is 2. The smallest absolute Gasteiger partial charge is 0.185 e. The third kappa shape index (κ3) is 2.43. The topological polar surface area (TPSA) is 58.3 Å². The normalized spacial score (nSPS) is 15.7. The molecular formula is C14H19N5S. The van der Waals surface area contributed by atoms with Gasteiger partial charge in [0.15, 0.2) is 10.9 Å². The van der Waals surface area contributed by atoms with Crippen LogP contribution in [0.3, 0.4) is 0 Å². The Labute approximate surface area is 123 Å². The van der Waals surface area contributed by atoms with E-state index >= 15 is 0 Å². The highest BCUT2D eigenvalue weighted by molar-refractivity contribution is 7.15. The summed E-state index contributed by atoms with van der Waals surface area (Å²) in [6, 6.07) is 3.78. The zero-order valence-electron chi connectivity index (χ0n) is 11.8. The van der Waals surface area contributed by atoms with Gasteiger partial charge in [-0.05, 0) is 26.0 Å². The molecule has 0 radical (unpaired) electrons. The molecule has 3 rings (SSSR count). The number of hydrogen-bond acceptors (Lipinski definition) is 6. The molecule has 20 heavy (non-hydrogen) atoms. The lowest BCUT2D eigenvalue weighted by molar-refractivity contribution is 0.646. The number of anilines is 3. The molecular weight excluding hydrogens is 270 g/mol. The molecule has 0 bridgehead atoms. The molecule has 5 nitrogen and oxygen atoms in total. The number of rotatable bonds is 2. The number of thiazole rings is 1. The minimum atomic E-state index is 0.752. The third-order valence-electron chi connectivity index (χ3n) is 3.68. The van der Waals surface area contributed by atoms with Gasteiger partial charge in [-0.2, -0.15) is 0 Å². The molecule has 2 aromatic heterocycles. The number of nitrogens with two attached hydrogens (primary N) is 1. The van der Waals surface area contributed by atoms with Crippen LogP contribution in [0.15, 0.2) is 18.3 Å². The van der Waals surface area contributed by atoms with Crippen molar-refractivity contribution in [3.8, 4) is 0 Å². The minimum absolute atomic E-state index is 0.752. The second-order valence-corrected chi connectivity index (χ2v) is 6.21. The van der Waals surface area contributed by atoms with E-state index < -0.39 is 0 Å². The van der Waals surface area contributed by atoms with Crippen LogP contribution in [0.1, 0.15) is 10.6 Å². The van der Waals surface area contributed by atoms with Gasteiger partial charge in [0.2, 0.25) is 0 Å². The highest BCUT2D eigenvalue weighted by atomic mass is 32.1. The molecule has 0 aromatic carbocycles. The second kappa shape index (κ2) is 5.28. The van der Waals surface area contributed by atoms with Gasteiger partial charge < -0.3 is 15.5 Å². The number of pyridine rings is 1. The Morgan fingerprint density at radius 2 is 1.85 bits per heavy atom.